The molecule has 0 bridgehead atoms. The van der Waals surface area contributed by atoms with E-state index in [4.69, 9.17) is 5.11 Å². The van der Waals surface area contributed by atoms with Crippen molar-refractivity contribution in [2.45, 2.75) is 19.9 Å². The molecule has 0 atom stereocenters. The van der Waals surface area contributed by atoms with Crippen molar-refractivity contribution < 1.29 is 9.90 Å². The molecule has 7 nitrogen and oxygen atoms in total. The number of aromatic carboxylic acids is 1. The number of aromatic nitrogens is 4. The van der Waals surface area contributed by atoms with Gasteiger partial charge in [0, 0.05) is 18.5 Å². The van der Waals surface area contributed by atoms with E-state index in [9.17, 15) is 9.59 Å². The van der Waals surface area contributed by atoms with Crippen molar-refractivity contribution in [1.82, 2.24) is 19.7 Å². The Bertz CT molecular complexity index is 679. The standard InChI is InChI=1S/C12H12N4O3/c1-7(2)16-9(17)4-3-8(15-16)10-11(12(18)19)14-6-5-13-10/h3-7H,1-2H3,(H,18,19). The van der Waals surface area contributed by atoms with Gasteiger partial charge >= 0.3 is 5.97 Å². The van der Waals surface area contributed by atoms with E-state index in [-0.39, 0.29) is 23.0 Å². The number of nitrogens with zero attached hydrogens (tertiary/aromatic N) is 4. The molecule has 0 unspecified atom stereocenters. The summed E-state index contributed by atoms with van der Waals surface area (Å²) in [6.45, 7) is 3.62. The van der Waals surface area contributed by atoms with E-state index in [0.717, 1.165) is 0 Å². The van der Waals surface area contributed by atoms with E-state index in [1.54, 1.807) is 0 Å². The zero-order valence-electron chi connectivity index (χ0n) is 10.4. The van der Waals surface area contributed by atoms with E-state index >= 15 is 0 Å². The molecule has 0 spiro atoms. The second-order valence-corrected chi connectivity index (χ2v) is 4.15. The highest BCUT2D eigenvalue weighted by molar-refractivity contribution is 5.91. The first kappa shape index (κ1) is 12.9. The zero-order valence-corrected chi connectivity index (χ0v) is 10.4. The Morgan fingerprint density at radius 1 is 1.26 bits per heavy atom. The Morgan fingerprint density at radius 2 is 1.95 bits per heavy atom. The highest BCUT2D eigenvalue weighted by atomic mass is 16.4. The molecular formula is C12H12N4O3. The molecule has 0 saturated carbocycles. The molecule has 0 saturated heterocycles. The molecule has 7 heteroatoms. The molecule has 0 aromatic carbocycles. The smallest absolute Gasteiger partial charge is 0.356 e. The van der Waals surface area contributed by atoms with Crippen molar-refractivity contribution in [2.24, 2.45) is 0 Å². The first-order chi connectivity index (χ1) is 9.00. The lowest BCUT2D eigenvalue weighted by Gasteiger charge is -2.10. The van der Waals surface area contributed by atoms with Crippen LogP contribution >= 0.6 is 0 Å². The van der Waals surface area contributed by atoms with Crippen molar-refractivity contribution in [3.8, 4) is 11.4 Å². The first-order valence-corrected chi connectivity index (χ1v) is 5.65. The van der Waals surface area contributed by atoms with Gasteiger partial charge in [0.25, 0.3) is 5.56 Å². The van der Waals surface area contributed by atoms with Crippen LogP contribution < -0.4 is 5.56 Å². The lowest BCUT2D eigenvalue weighted by Crippen LogP contribution is -2.24. The Balaban J connectivity index is 2.63. The van der Waals surface area contributed by atoms with Crippen LogP contribution in [0.1, 0.15) is 30.4 Å². The molecule has 98 valence electrons. The third-order valence-electron chi connectivity index (χ3n) is 2.46. The fourth-order valence-corrected chi connectivity index (χ4v) is 1.60. The molecule has 2 heterocycles. The van der Waals surface area contributed by atoms with Crippen molar-refractivity contribution in [2.75, 3.05) is 0 Å². The number of hydrogen-bond donors (Lipinski definition) is 1. The van der Waals surface area contributed by atoms with Crippen molar-refractivity contribution in [1.29, 1.82) is 0 Å². The average Bonchev–Trinajstić information content (AvgIpc) is 2.39. The molecule has 0 aliphatic carbocycles. The fraction of sp³-hybridized carbons (Fsp3) is 0.250. The van der Waals surface area contributed by atoms with Crippen LogP contribution in [0.2, 0.25) is 0 Å². The molecule has 1 N–H and O–H groups in total. The minimum atomic E-state index is -1.19. The Labute approximate surface area is 108 Å². The fourth-order valence-electron chi connectivity index (χ4n) is 1.60. The average molecular weight is 260 g/mol. The van der Waals surface area contributed by atoms with Gasteiger partial charge in [0.2, 0.25) is 0 Å². The van der Waals surface area contributed by atoms with Crippen molar-refractivity contribution in [3.05, 3.63) is 40.6 Å². The number of carboxylic acids is 1. The van der Waals surface area contributed by atoms with Crippen LogP contribution in [0.15, 0.2) is 29.3 Å². The SMILES string of the molecule is CC(C)n1nc(-c2nccnc2C(=O)O)ccc1=O. The highest BCUT2D eigenvalue weighted by Gasteiger charge is 2.16. The topological polar surface area (TPSA) is 98.0 Å². The largest absolute Gasteiger partial charge is 0.476 e. The van der Waals surface area contributed by atoms with Gasteiger partial charge in [-0.05, 0) is 19.9 Å². The molecule has 0 fully saturated rings. The molecule has 0 aliphatic rings. The van der Waals surface area contributed by atoms with Gasteiger partial charge in [-0.1, -0.05) is 0 Å². The van der Waals surface area contributed by atoms with Crippen LogP contribution in [0.25, 0.3) is 11.4 Å². The van der Waals surface area contributed by atoms with Crippen molar-refractivity contribution in [3.63, 3.8) is 0 Å². The number of carboxylic acid groups (broad SMARTS) is 1. The van der Waals surface area contributed by atoms with Gasteiger partial charge < -0.3 is 5.11 Å². The third kappa shape index (κ3) is 2.49. The summed E-state index contributed by atoms with van der Waals surface area (Å²) in [6.07, 6.45) is 2.68. The van der Waals surface area contributed by atoms with E-state index in [1.165, 1.54) is 29.2 Å². The maximum absolute atomic E-state index is 11.6. The molecule has 0 radical (unpaired) electrons. The summed E-state index contributed by atoms with van der Waals surface area (Å²) in [5, 5.41) is 13.2. The lowest BCUT2D eigenvalue weighted by molar-refractivity contribution is 0.0691. The minimum absolute atomic E-state index is 0.127. The van der Waals surface area contributed by atoms with Gasteiger partial charge in [-0.2, -0.15) is 5.10 Å². The Morgan fingerprint density at radius 3 is 2.58 bits per heavy atom. The molecule has 0 amide bonds. The van der Waals surface area contributed by atoms with Crippen LogP contribution in [0.5, 0.6) is 0 Å². The third-order valence-corrected chi connectivity index (χ3v) is 2.46. The summed E-state index contributed by atoms with van der Waals surface area (Å²) < 4.78 is 1.27. The number of rotatable bonds is 3. The summed E-state index contributed by atoms with van der Waals surface area (Å²) in [5.74, 6) is -1.19. The highest BCUT2D eigenvalue weighted by Crippen LogP contribution is 2.16. The van der Waals surface area contributed by atoms with E-state index in [1.807, 2.05) is 13.8 Å². The maximum Gasteiger partial charge on any atom is 0.356 e. The second kappa shape index (κ2) is 4.97. The molecule has 0 aliphatic heterocycles. The van der Waals surface area contributed by atoms with E-state index < -0.39 is 5.97 Å². The number of carbonyl (C=O) groups is 1. The van der Waals surface area contributed by atoms with Crippen LogP contribution in [-0.2, 0) is 0 Å². The predicted octanol–water partition coefficient (Wildman–Crippen LogP) is 0.979. The van der Waals surface area contributed by atoms with Gasteiger partial charge in [-0.15, -0.1) is 0 Å². The lowest BCUT2D eigenvalue weighted by atomic mass is 10.2. The van der Waals surface area contributed by atoms with Gasteiger partial charge in [0.15, 0.2) is 5.69 Å². The zero-order chi connectivity index (χ0) is 14.0. The summed E-state index contributed by atoms with van der Waals surface area (Å²) in [5.41, 5.74) is 0.00618. The minimum Gasteiger partial charge on any atom is -0.476 e. The monoisotopic (exact) mass is 260 g/mol. The van der Waals surface area contributed by atoms with Gasteiger partial charge in [0.05, 0.1) is 6.04 Å². The predicted molar refractivity (Wildman–Crippen MR) is 66.9 cm³/mol. The Hall–Kier alpha value is -2.57. The van der Waals surface area contributed by atoms with Crippen LogP contribution in [-0.4, -0.2) is 30.8 Å². The molecule has 2 aromatic rings. The van der Waals surface area contributed by atoms with Gasteiger partial charge in [-0.3, -0.25) is 9.78 Å². The number of hydrogen-bond acceptors (Lipinski definition) is 5. The summed E-state index contributed by atoms with van der Waals surface area (Å²) >= 11 is 0. The summed E-state index contributed by atoms with van der Waals surface area (Å²) in [4.78, 5) is 30.4. The summed E-state index contributed by atoms with van der Waals surface area (Å²) in [6, 6.07) is 2.65. The second-order valence-electron chi connectivity index (χ2n) is 4.15. The van der Waals surface area contributed by atoms with Gasteiger partial charge in [-0.25, -0.2) is 14.5 Å². The summed E-state index contributed by atoms with van der Waals surface area (Å²) in [7, 11) is 0. The molecule has 19 heavy (non-hydrogen) atoms. The van der Waals surface area contributed by atoms with E-state index in [0.29, 0.717) is 5.69 Å². The van der Waals surface area contributed by atoms with Gasteiger partial charge in [0.1, 0.15) is 11.4 Å². The molecule has 2 aromatic heterocycles. The van der Waals surface area contributed by atoms with Crippen LogP contribution in [0, 0.1) is 0 Å². The maximum atomic E-state index is 11.6. The van der Waals surface area contributed by atoms with Crippen LogP contribution in [0.3, 0.4) is 0 Å². The van der Waals surface area contributed by atoms with Crippen LogP contribution in [0.4, 0.5) is 0 Å². The van der Waals surface area contributed by atoms with E-state index in [2.05, 4.69) is 15.1 Å². The normalized spacial score (nSPS) is 10.7. The molecular weight excluding hydrogens is 248 g/mol. The van der Waals surface area contributed by atoms with Crippen molar-refractivity contribution >= 4 is 5.97 Å². The Kier molecular flexibility index (Phi) is 3.37. The first-order valence-electron chi connectivity index (χ1n) is 5.65. The molecule has 2 rings (SSSR count). The quantitative estimate of drug-likeness (QED) is 0.883.